The van der Waals surface area contributed by atoms with Crippen LogP contribution in [0.3, 0.4) is 0 Å². The van der Waals surface area contributed by atoms with Gasteiger partial charge in [0.2, 0.25) is 0 Å². The van der Waals surface area contributed by atoms with Gasteiger partial charge in [0.15, 0.2) is 31.5 Å². The van der Waals surface area contributed by atoms with Gasteiger partial charge < -0.3 is 114 Å². The molecule has 0 aromatic rings. The Morgan fingerprint density at radius 3 is 1.79 bits per heavy atom. The average Bonchev–Trinajstić information content (AvgIpc) is 3.85. The van der Waals surface area contributed by atoms with Crippen LogP contribution in [-0.4, -0.2) is 233 Å². The second-order valence-corrected chi connectivity index (χ2v) is 26.3. The van der Waals surface area contributed by atoms with Gasteiger partial charge in [-0.15, -0.1) is 0 Å². The summed E-state index contributed by atoms with van der Waals surface area (Å²) in [5, 5.41) is 143. The minimum absolute atomic E-state index is 0.0697. The summed E-state index contributed by atoms with van der Waals surface area (Å²) in [5.74, 6) is 0.0326. The van der Waals surface area contributed by atoms with Crippen molar-refractivity contribution in [2.75, 3.05) is 19.8 Å². The van der Waals surface area contributed by atoms with Gasteiger partial charge in [-0.1, -0.05) is 41.5 Å². The molecule has 5 heterocycles. The summed E-state index contributed by atoms with van der Waals surface area (Å²) in [5.41, 5.74) is -3.89. The number of hydrogen-bond donors (Lipinski definition) is 13. The predicted octanol–water partition coefficient (Wildman–Crippen LogP) is -2.19. The maximum Gasteiger partial charge on any atom is 0.187 e. The number of ether oxygens (including phenoxy) is 9. The highest BCUT2D eigenvalue weighted by atomic mass is 16.8. The highest BCUT2D eigenvalue weighted by Gasteiger charge is 2.82. The zero-order valence-corrected chi connectivity index (χ0v) is 44.6. The second kappa shape index (κ2) is 20.3. The van der Waals surface area contributed by atoms with E-state index in [2.05, 4.69) is 34.6 Å². The van der Waals surface area contributed by atoms with Crippen LogP contribution < -0.4 is 0 Å². The fourth-order valence-corrected chi connectivity index (χ4v) is 17.7. The summed E-state index contributed by atoms with van der Waals surface area (Å²) in [4.78, 5) is 12.6. The fraction of sp³-hybridized carbons (Fsp3) is 0.981. The lowest BCUT2D eigenvalue weighted by Crippen LogP contribution is -2.74. The Hall–Kier alpha value is -1.21. The van der Waals surface area contributed by atoms with Crippen LogP contribution in [0.4, 0.5) is 0 Å². The van der Waals surface area contributed by atoms with E-state index in [1.54, 1.807) is 0 Å². The first-order valence-electron chi connectivity index (χ1n) is 27.7. The van der Waals surface area contributed by atoms with E-state index in [4.69, 9.17) is 42.6 Å². The molecule has 5 aliphatic carbocycles. The normalized spacial score (nSPS) is 58.9. The molecule has 2 bridgehead atoms. The molecule has 31 atom stereocenters. The Bertz CT molecular complexity index is 2090. The van der Waals surface area contributed by atoms with Gasteiger partial charge in [-0.25, -0.2) is 0 Å². The number of aliphatic hydroxyl groups is 13. The highest BCUT2D eigenvalue weighted by Crippen LogP contribution is 2.81. The van der Waals surface area contributed by atoms with E-state index in [1.165, 1.54) is 6.92 Å². The largest absolute Gasteiger partial charge is 0.394 e. The summed E-state index contributed by atoms with van der Waals surface area (Å²) in [7, 11) is 0. The van der Waals surface area contributed by atoms with Crippen molar-refractivity contribution in [2.24, 2.45) is 50.2 Å². The van der Waals surface area contributed by atoms with Crippen molar-refractivity contribution in [3.05, 3.63) is 0 Å². The minimum atomic E-state index is -1.90. The number of carbonyl (C=O) groups excluding carboxylic acids is 1. The van der Waals surface area contributed by atoms with Crippen molar-refractivity contribution in [1.82, 2.24) is 0 Å². The van der Waals surface area contributed by atoms with Gasteiger partial charge in [0.1, 0.15) is 91.7 Å². The standard InChI is InChI=1S/C53H86O23/c1-22-31(58)35(62)38(65)42(69-22)75-41-37(64)33(60)24(19-55)71-45(41)72-25-20-68-44(40(34(25)61)74-43-39(66)36(63)32(59)23(18-54)70-43)73-30-10-11-49(5)26(47(30,2)3)8-12-50(6)27(49)9-13-53-28-16-48(4,21-56)14-15-52(28,46(67)76-53)29(57)17-51(50,53)7/h21-46,54-55,57-67H,8-20H2,1-7H3/t22-,23+,24+,25-,26-,27+,28+,29+,30-,31-,32+,33+,34-,35+,36-,37-,38+,39+,40+,41+,42-,43-,44-,45-,46?,48-,49-,50+,51-,52+,53-/m0/s1. The van der Waals surface area contributed by atoms with Crippen LogP contribution in [0.1, 0.15) is 113 Å². The van der Waals surface area contributed by atoms with E-state index >= 15 is 0 Å². The lowest BCUT2D eigenvalue weighted by Gasteiger charge is -2.75. The molecule has 5 saturated carbocycles. The summed E-state index contributed by atoms with van der Waals surface area (Å²) in [6, 6.07) is 0. The molecule has 23 heteroatoms. The first kappa shape index (κ1) is 58.0. The Morgan fingerprint density at radius 2 is 1.14 bits per heavy atom. The molecule has 10 aliphatic rings. The van der Waals surface area contributed by atoms with Crippen LogP contribution in [0, 0.1) is 50.2 Å². The molecule has 5 saturated heterocycles. The first-order chi connectivity index (χ1) is 35.6. The zero-order valence-electron chi connectivity index (χ0n) is 44.6. The van der Waals surface area contributed by atoms with Gasteiger partial charge in [0, 0.05) is 16.7 Å². The molecular formula is C53H86O23. The highest BCUT2D eigenvalue weighted by molar-refractivity contribution is 5.59. The van der Waals surface area contributed by atoms with Gasteiger partial charge in [0.05, 0.1) is 49.1 Å². The number of aldehydes is 1. The Balaban J connectivity index is 0.906. The van der Waals surface area contributed by atoms with Crippen LogP contribution in [-0.2, 0) is 47.4 Å². The van der Waals surface area contributed by atoms with Gasteiger partial charge in [-0.05, 0) is 99.2 Å². The quantitative estimate of drug-likeness (QED) is 0.0772. The van der Waals surface area contributed by atoms with E-state index in [1.807, 2.05) is 6.92 Å². The third-order valence-corrected chi connectivity index (χ3v) is 22.4. The molecule has 5 aliphatic heterocycles. The molecule has 13 N–H and O–H groups in total. The van der Waals surface area contributed by atoms with Crippen molar-refractivity contribution in [3.8, 4) is 0 Å². The van der Waals surface area contributed by atoms with Crippen molar-refractivity contribution in [3.63, 3.8) is 0 Å². The molecule has 436 valence electrons. The summed E-state index contributed by atoms with van der Waals surface area (Å²) >= 11 is 0. The number of rotatable bonds is 11. The van der Waals surface area contributed by atoms with Crippen LogP contribution in [0.15, 0.2) is 0 Å². The maximum atomic E-state index is 12.6. The minimum Gasteiger partial charge on any atom is -0.394 e. The molecule has 76 heavy (non-hydrogen) atoms. The molecule has 0 aromatic heterocycles. The third kappa shape index (κ3) is 8.44. The Labute approximate surface area is 442 Å². The van der Waals surface area contributed by atoms with Gasteiger partial charge in [0.25, 0.3) is 0 Å². The maximum absolute atomic E-state index is 12.6. The lowest BCUT2D eigenvalue weighted by atomic mass is 9.30. The Morgan fingerprint density at radius 1 is 0.553 bits per heavy atom. The number of carbonyl (C=O) groups is 1. The van der Waals surface area contributed by atoms with Gasteiger partial charge >= 0.3 is 0 Å². The predicted molar refractivity (Wildman–Crippen MR) is 256 cm³/mol. The third-order valence-electron chi connectivity index (χ3n) is 22.4. The van der Waals surface area contributed by atoms with Gasteiger partial charge in [-0.2, -0.15) is 0 Å². The zero-order chi connectivity index (χ0) is 55.2. The SMILES string of the molecule is C[C@@H]1O[C@@H](O[C@H]2[C@H](O[C@H]3CO[C@@H](O[C@H]4CC[C@]5(C)[C@H]6CC[C@]78OC(O)[C@@]9(CC[C@](C)(C=O)C[C@H]97)[C@H](O)C[C@@]8(C)[C@]6(C)CC[C@H]5C4(C)C)[C@H](O[C@@H]4O[C@H](CO)[C@@H](O)[C@H](O)[C@H]4O)[C@H]3O)O[C@H](CO)[C@@H](O)[C@@H]2O)[C@H](O)[C@H](O)[C@H]1O. The van der Waals surface area contributed by atoms with Crippen molar-refractivity contribution in [2.45, 2.75) is 253 Å². The van der Waals surface area contributed by atoms with Crippen molar-refractivity contribution >= 4 is 6.29 Å². The Kier molecular flexibility index (Phi) is 15.5. The number of hydrogen-bond acceptors (Lipinski definition) is 23. The number of fused-ring (bicyclic) bond motifs is 4. The second-order valence-electron chi connectivity index (χ2n) is 26.3. The lowest BCUT2D eigenvalue weighted by molar-refractivity contribution is -0.394. The van der Waals surface area contributed by atoms with Crippen molar-refractivity contribution in [1.29, 1.82) is 0 Å². The molecule has 1 unspecified atom stereocenters. The van der Waals surface area contributed by atoms with Crippen molar-refractivity contribution < 1.29 is 114 Å². The average molecular weight is 1090 g/mol. The first-order valence-corrected chi connectivity index (χ1v) is 27.7. The van der Waals surface area contributed by atoms with Crippen LogP contribution in [0.2, 0.25) is 0 Å². The molecule has 1 spiro atoms. The fourth-order valence-electron chi connectivity index (χ4n) is 17.7. The van der Waals surface area contributed by atoms with E-state index in [0.29, 0.717) is 44.9 Å². The van der Waals surface area contributed by atoms with Gasteiger partial charge in [-0.3, -0.25) is 0 Å². The molecule has 10 fully saturated rings. The molecular weight excluding hydrogens is 1000 g/mol. The van der Waals surface area contributed by atoms with Crippen LogP contribution >= 0.6 is 0 Å². The summed E-state index contributed by atoms with van der Waals surface area (Å²) < 4.78 is 55.9. The molecule has 23 nitrogen and oxygen atoms in total. The molecule has 10 rings (SSSR count). The smallest absolute Gasteiger partial charge is 0.187 e. The van der Waals surface area contributed by atoms with Crippen LogP contribution in [0.5, 0.6) is 0 Å². The van der Waals surface area contributed by atoms with E-state index < -0.39 is 182 Å². The molecule has 0 aromatic carbocycles. The van der Waals surface area contributed by atoms with E-state index in [9.17, 15) is 71.2 Å². The summed E-state index contributed by atoms with van der Waals surface area (Å²) in [6.07, 6.45) is -26.4. The molecule has 0 radical (unpaired) electrons. The van der Waals surface area contributed by atoms with E-state index in [-0.39, 0.29) is 28.6 Å². The van der Waals surface area contributed by atoms with Crippen LogP contribution in [0.25, 0.3) is 0 Å². The monoisotopic (exact) mass is 1090 g/mol. The van der Waals surface area contributed by atoms with E-state index in [0.717, 1.165) is 25.5 Å². The summed E-state index contributed by atoms with van der Waals surface area (Å²) in [6.45, 7) is 12.6. The number of aliphatic hydroxyl groups excluding tert-OH is 13. The topological polar surface area (TPSA) is 363 Å². The molecule has 0 amide bonds.